The molecule has 1 unspecified atom stereocenters. The van der Waals surface area contributed by atoms with Crippen LogP contribution in [0.5, 0.6) is 0 Å². The minimum absolute atomic E-state index is 0.576. The average molecular weight is 287 g/mol. The fraction of sp³-hybridized carbons (Fsp3) is 0.929. The standard InChI is InChI=1S/C14H29N3OS/c1-5-12-10-17(8-9-19-12)13(15-4)16-11-14(18,6-2)7-3/h12,18H,5-11H2,1-4H3,(H,15,16). The lowest BCUT2D eigenvalue weighted by Gasteiger charge is -2.35. The van der Waals surface area contributed by atoms with Crippen molar-refractivity contribution < 1.29 is 5.11 Å². The molecule has 0 saturated carbocycles. The van der Waals surface area contributed by atoms with Crippen LogP contribution in [0.25, 0.3) is 0 Å². The first-order chi connectivity index (χ1) is 9.08. The minimum atomic E-state index is -0.620. The van der Waals surface area contributed by atoms with Crippen molar-refractivity contribution in [2.45, 2.75) is 50.9 Å². The molecule has 0 spiro atoms. The molecular formula is C14H29N3OS. The third-order valence-electron chi connectivity index (χ3n) is 4.00. The fourth-order valence-corrected chi connectivity index (χ4v) is 3.41. The molecule has 1 saturated heterocycles. The highest BCUT2D eigenvalue weighted by atomic mass is 32.2. The zero-order chi connectivity index (χ0) is 14.3. The lowest BCUT2D eigenvalue weighted by atomic mass is 9.98. The van der Waals surface area contributed by atoms with Crippen LogP contribution in [-0.2, 0) is 0 Å². The Balaban J connectivity index is 2.54. The summed E-state index contributed by atoms with van der Waals surface area (Å²) in [7, 11) is 1.82. The Morgan fingerprint density at radius 1 is 1.42 bits per heavy atom. The summed E-state index contributed by atoms with van der Waals surface area (Å²) in [6.07, 6.45) is 2.73. The number of hydrogen-bond acceptors (Lipinski definition) is 3. The van der Waals surface area contributed by atoms with Crippen LogP contribution in [0.2, 0.25) is 0 Å². The van der Waals surface area contributed by atoms with E-state index in [4.69, 9.17) is 0 Å². The van der Waals surface area contributed by atoms with Gasteiger partial charge in [0.15, 0.2) is 5.96 Å². The number of aliphatic hydroxyl groups is 1. The van der Waals surface area contributed by atoms with Crippen molar-refractivity contribution in [1.82, 2.24) is 10.2 Å². The fourth-order valence-electron chi connectivity index (χ4n) is 2.23. The van der Waals surface area contributed by atoms with Crippen LogP contribution >= 0.6 is 11.8 Å². The summed E-state index contributed by atoms with van der Waals surface area (Å²) in [6.45, 7) is 8.96. The minimum Gasteiger partial charge on any atom is -0.388 e. The first-order valence-electron chi connectivity index (χ1n) is 7.38. The molecule has 4 nitrogen and oxygen atoms in total. The molecule has 1 fully saturated rings. The third kappa shape index (κ3) is 4.88. The Hall–Kier alpha value is -0.420. The van der Waals surface area contributed by atoms with Gasteiger partial charge in [-0.3, -0.25) is 4.99 Å². The SMILES string of the molecule is CCC1CN(C(=NC)NCC(O)(CC)CC)CCS1. The third-order valence-corrected chi connectivity index (χ3v) is 5.37. The molecule has 0 aromatic rings. The number of rotatable bonds is 5. The second-order valence-corrected chi connectivity index (χ2v) is 6.59. The van der Waals surface area contributed by atoms with E-state index in [0.717, 1.165) is 37.6 Å². The quantitative estimate of drug-likeness (QED) is 0.599. The summed E-state index contributed by atoms with van der Waals surface area (Å²) in [6, 6.07) is 0. The number of nitrogens with zero attached hydrogens (tertiary/aromatic N) is 2. The van der Waals surface area contributed by atoms with E-state index >= 15 is 0 Å². The topological polar surface area (TPSA) is 47.9 Å². The van der Waals surface area contributed by atoms with Gasteiger partial charge in [0.25, 0.3) is 0 Å². The van der Waals surface area contributed by atoms with Crippen molar-refractivity contribution in [2.24, 2.45) is 4.99 Å². The first-order valence-corrected chi connectivity index (χ1v) is 8.43. The molecule has 1 heterocycles. The van der Waals surface area contributed by atoms with Gasteiger partial charge < -0.3 is 15.3 Å². The Labute approximate surface area is 122 Å². The van der Waals surface area contributed by atoms with Gasteiger partial charge in [0.1, 0.15) is 0 Å². The monoisotopic (exact) mass is 287 g/mol. The molecule has 5 heteroatoms. The Kier molecular flexibility index (Phi) is 7.00. The molecule has 1 aliphatic rings. The second kappa shape index (κ2) is 8.00. The van der Waals surface area contributed by atoms with Crippen molar-refractivity contribution in [3.63, 3.8) is 0 Å². The van der Waals surface area contributed by atoms with E-state index in [1.807, 2.05) is 20.9 Å². The highest BCUT2D eigenvalue weighted by molar-refractivity contribution is 8.00. The zero-order valence-electron chi connectivity index (χ0n) is 12.8. The number of nitrogens with one attached hydrogen (secondary N) is 1. The van der Waals surface area contributed by atoms with Crippen molar-refractivity contribution in [3.05, 3.63) is 0 Å². The maximum atomic E-state index is 10.3. The molecule has 2 N–H and O–H groups in total. The lowest BCUT2D eigenvalue weighted by molar-refractivity contribution is 0.0362. The molecule has 0 aromatic carbocycles. The van der Waals surface area contributed by atoms with Crippen molar-refractivity contribution in [2.75, 3.05) is 32.4 Å². The summed E-state index contributed by atoms with van der Waals surface area (Å²) >= 11 is 2.05. The summed E-state index contributed by atoms with van der Waals surface area (Å²) in [4.78, 5) is 6.68. The highest BCUT2D eigenvalue weighted by Crippen LogP contribution is 2.21. The van der Waals surface area contributed by atoms with Crippen LogP contribution in [0.4, 0.5) is 0 Å². The van der Waals surface area contributed by atoms with Gasteiger partial charge in [0.2, 0.25) is 0 Å². The maximum Gasteiger partial charge on any atom is 0.193 e. The molecule has 1 aliphatic heterocycles. The van der Waals surface area contributed by atoms with E-state index in [-0.39, 0.29) is 0 Å². The molecule has 112 valence electrons. The van der Waals surface area contributed by atoms with E-state index in [2.05, 4.69) is 33.9 Å². The van der Waals surface area contributed by atoms with Crippen LogP contribution < -0.4 is 5.32 Å². The molecule has 0 aromatic heterocycles. The number of thioether (sulfide) groups is 1. The average Bonchev–Trinajstić information content (AvgIpc) is 2.47. The summed E-state index contributed by atoms with van der Waals surface area (Å²) in [5.41, 5.74) is -0.620. The molecule has 1 rings (SSSR count). The Morgan fingerprint density at radius 3 is 2.63 bits per heavy atom. The lowest BCUT2D eigenvalue weighted by Crippen LogP contribution is -2.51. The molecule has 0 radical (unpaired) electrons. The second-order valence-electron chi connectivity index (χ2n) is 5.18. The number of guanidine groups is 1. The maximum absolute atomic E-state index is 10.3. The van der Waals surface area contributed by atoms with Crippen molar-refractivity contribution >= 4 is 17.7 Å². The van der Waals surface area contributed by atoms with Crippen molar-refractivity contribution in [1.29, 1.82) is 0 Å². The molecule has 0 aliphatic carbocycles. The van der Waals surface area contributed by atoms with Gasteiger partial charge in [-0.1, -0.05) is 20.8 Å². The van der Waals surface area contributed by atoms with Gasteiger partial charge in [-0.25, -0.2) is 0 Å². The van der Waals surface area contributed by atoms with E-state index in [1.165, 1.54) is 6.42 Å². The smallest absolute Gasteiger partial charge is 0.193 e. The predicted molar refractivity (Wildman–Crippen MR) is 85.0 cm³/mol. The number of aliphatic imine (C=N–C) groups is 1. The van der Waals surface area contributed by atoms with E-state index < -0.39 is 5.60 Å². The van der Waals surface area contributed by atoms with Crippen LogP contribution in [0, 0.1) is 0 Å². The molecule has 0 bridgehead atoms. The van der Waals surface area contributed by atoms with Gasteiger partial charge in [-0.15, -0.1) is 0 Å². The highest BCUT2D eigenvalue weighted by Gasteiger charge is 2.25. The summed E-state index contributed by atoms with van der Waals surface area (Å²) in [5.74, 6) is 2.09. The molecule has 0 amide bonds. The first kappa shape index (κ1) is 16.6. The van der Waals surface area contributed by atoms with Gasteiger partial charge in [-0.05, 0) is 19.3 Å². The van der Waals surface area contributed by atoms with Gasteiger partial charge in [0, 0.05) is 37.7 Å². The molecular weight excluding hydrogens is 258 g/mol. The summed E-state index contributed by atoms with van der Waals surface area (Å²) < 4.78 is 0. The summed E-state index contributed by atoms with van der Waals surface area (Å²) in [5, 5.41) is 14.4. The van der Waals surface area contributed by atoms with E-state index in [9.17, 15) is 5.11 Å². The largest absolute Gasteiger partial charge is 0.388 e. The normalized spacial score (nSPS) is 21.6. The van der Waals surface area contributed by atoms with Crippen LogP contribution in [0.15, 0.2) is 4.99 Å². The van der Waals surface area contributed by atoms with E-state index in [1.54, 1.807) is 0 Å². The number of hydrogen-bond donors (Lipinski definition) is 2. The van der Waals surface area contributed by atoms with Crippen LogP contribution in [0.3, 0.4) is 0 Å². The van der Waals surface area contributed by atoms with Crippen LogP contribution in [0.1, 0.15) is 40.0 Å². The van der Waals surface area contributed by atoms with Gasteiger partial charge in [-0.2, -0.15) is 11.8 Å². The Morgan fingerprint density at radius 2 is 2.11 bits per heavy atom. The zero-order valence-corrected chi connectivity index (χ0v) is 13.6. The van der Waals surface area contributed by atoms with Crippen molar-refractivity contribution in [3.8, 4) is 0 Å². The molecule has 19 heavy (non-hydrogen) atoms. The van der Waals surface area contributed by atoms with Gasteiger partial charge >= 0.3 is 0 Å². The van der Waals surface area contributed by atoms with E-state index in [0.29, 0.717) is 11.8 Å². The molecule has 1 atom stereocenters. The Bertz CT molecular complexity index is 292. The van der Waals surface area contributed by atoms with Crippen LogP contribution in [-0.4, -0.2) is 59.3 Å². The van der Waals surface area contributed by atoms with Gasteiger partial charge in [0.05, 0.1) is 5.60 Å². The predicted octanol–water partition coefficient (Wildman–Crippen LogP) is 1.94.